The molecule has 96 valence electrons. The van der Waals surface area contributed by atoms with E-state index in [4.69, 9.17) is 17.2 Å². The lowest BCUT2D eigenvalue weighted by molar-refractivity contribution is 1.20. The van der Waals surface area contributed by atoms with E-state index in [1.165, 1.54) is 0 Å². The SMILES string of the molecule is NC(N)=N/N=C(\c1ccccc1)c1ccccc1N. The fourth-order valence-corrected chi connectivity index (χ4v) is 1.68. The first-order chi connectivity index (χ1) is 9.18. The van der Waals surface area contributed by atoms with Crippen molar-refractivity contribution < 1.29 is 0 Å². The largest absolute Gasteiger partial charge is 0.398 e. The molecule has 2 aromatic rings. The lowest BCUT2D eigenvalue weighted by Gasteiger charge is -2.08. The van der Waals surface area contributed by atoms with Crippen molar-refractivity contribution in [2.45, 2.75) is 0 Å². The molecule has 2 aromatic carbocycles. The third kappa shape index (κ3) is 3.10. The first-order valence-corrected chi connectivity index (χ1v) is 5.75. The van der Waals surface area contributed by atoms with Crippen LogP contribution in [0.5, 0.6) is 0 Å². The highest BCUT2D eigenvalue weighted by molar-refractivity contribution is 6.15. The number of anilines is 1. The molecule has 0 unspecified atom stereocenters. The molecule has 2 rings (SSSR count). The van der Waals surface area contributed by atoms with E-state index in [1.54, 1.807) is 0 Å². The summed E-state index contributed by atoms with van der Waals surface area (Å²) in [6, 6.07) is 17.0. The maximum absolute atomic E-state index is 5.97. The minimum atomic E-state index is -0.0945. The molecule has 0 bridgehead atoms. The lowest BCUT2D eigenvalue weighted by Crippen LogP contribution is -2.22. The summed E-state index contributed by atoms with van der Waals surface area (Å²) in [5, 5.41) is 7.82. The second kappa shape index (κ2) is 5.68. The normalized spacial score (nSPS) is 11.1. The van der Waals surface area contributed by atoms with Gasteiger partial charge in [0.15, 0.2) is 0 Å². The molecule has 0 atom stereocenters. The Bertz CT molecular complexity index is 613. The molecular weight excluding hydrogens is 238 g/mol. The van der Waals surface area contributed by atoms with Crippen LogP contribution in [0.4, 0.5) is 5.69 Å². The number of hydrogen-bond acceptors (Lipinski definition) is 3. The Morgan fingerprint density at radius 1 is 0.789 bits per heavy atom. The maximum Gasteiger partial charge on any atom is 0.211 e. The van der Waals surface area contributed by atoms with Crippen LogP contribution in [0.15, 0.2) is 64.8 Å². The van der Waals surface area contributed by atoms with Crippen LogP contribution in [-0.2, 0) is 0 Å². The number of para-hydroxylation sites is 1. The summed E-state index contributed by atoms with van der Waals surface area (Å²) < 4.78 is 0. The Morgan fingerprint density at radius 3 is 2.05 bits per heavy atom. The minimum absolute atomic E-state index is 0.0945. The van der Waals surface area contributed by atoms with E-state index in [0.29, 0.717) is 11.4 Å². The molecule has 5 heteroatoms. The number of hydrogen-bond donors (Lipinski definition) is 3. The number of guanidine groups is 1. The monoisotopic (exact) mass is 253 g/mol. The molecule has 0 aliphatic heterocycles. The zero-order chi connectivity index (χ0) is 13.7. The first kappa shape index (κ1) is 12.6. The average molecular weight is 253 g/mol. The lowest BCUT2D eigenvalue weighted by atomic mass is 10.0. The minimum Gasteiger partial charge on any atom is -0.398 e. The van der Waals surface area contributed by atoms with E-state index in [-0.39, 0.29) is 5.96 Å². The fraction of sp³-hybridized carbons (Fsp3) is 0. The van der Waals surface area contributed by atoms with Gasteiger partial charge < -0.3 is 17.2 Å². The zero-order valence-electron chi connectivity index (χ0n) is 10.3. The van der Waals surface area contributed by atoms with Crippen molar-refractivity contribution in [1.29, 1.82) is 0 Å². The van der Waals surface area contributed by atoms with Crippen molar-refractivity contribution in [3.63, 3.8) is 0 Å². The summed E-state index contributed by atoms with van der Waals surface area (Å²) in [6.45, 7) is 0. The molecule has 0 radical (unpaired) electrons. The molecule has 0 fully saturated rings. The standard InChI is InChI=1S/C14H15N5/c15-12-9-5-4-8-11(12)13(18-19-14(16)17)10-6-2-1-3-7-10/h1-9H,15H2,(H4,16,17,19)/b18-13+. The molecule has 5 nitrogen and oxygen atoms in total. The van der Waals surface area contributed by atoms with Gasteiger partial charge in [-0.3, -0.25) is 0 Å². The second-order valence-corrected chi connectivity index (χ2v) is 3.93. The average Bonchev–Trinajstić information content (AvgIpc) is 2.42. The summed E-state index contributed by atoms with van der Waals surface area (Å²) in [6.07, 6.45) is 0. The molecule has 0 saturated heterocycles. The topological polar surface area (TPSA) is 103 Å². The zero-order valence-corrected chi connectivity index (χ0v) is 10.3. The van der Waals surface area contributed by atoms with E-state index in [9.17, 15) is 0 Å². The number of rotatable bonds is 3. The highest BCUT2D eigenvalue weighted by atomic mass is 15.3. The van der Waals surface area contributed by atoms with Gasteiger partial charge in [-0.15, -0.1) is 10.2 Å². The van der Waals surface area contributed by atoms with Gasteiger partial charge >= 0.3 is 0 Å². The van der Waals surface area contributed by atoms with E-state index in [1.807, 2.05) is 54.6 Å². The predicted octanol–water partition coefficient (Wildman–Crippen LogP) is 1.29. The van der Waals surface area contributed by atoms with Gasteiger partial charge in [0, 0.05) is 16.8 Å². The van der Waals surface area contributed by atoms with Crippen molar-refractivity contribution in [3.05, 3.63) is 65.7 Å². The van der Waals surface area contributed by atoms with E-state index < -0.39 is 0 Å². The molecule has 0 saturated carbocycles. The molecule has 0 aliphatic rings. The maximum atomic E-state index is 5.97. The first-order valence-electron chi connectivity index (χ1n) is 5.75. The van der Waals surface area contributed by atoms with Crippen LogP contribution in [0.25, 0.3) is 0 Å². The third-order valence-electron chi connectivity index (χ3n) is 2.53. The molecule has 6 N–H and O–H groups in total. The molecule has 0 spiro atoms. The summed E-state index contributed by atoms with van der Waals surface area (Å²) >= 11 is 0. The van der Waals surface area contributed by atoms with Gasteiger partial charge in [0.1, 0.15) is 5.71 Å². The van der Waals surface area contributed by atoms with Crippen LogP contribution in [0.1, 0.15) is 11.1 Å². The fourth-order valence-electron chi connectivity index (χ4n) is 1.68. The van der Waals surface area contributed by atoms with Crippen LogP contribution in [0, 0.1) is 0 Å². The van der Waals surface area contributed by atoms with Crippen molar-refractivity contribution in [2.75, 3.05) is 5.73 Å². The van der Waals surface area contributed by atoms with Crippen LogP contribution in [0.2, 0.25) is 0 Å². The van der Waals surface area contributed by atoms with Gasteiger partial charge in [-0.25, -0.2) is 0 Å². The van der Waals surface area contributed by atoms with Crippen LogP contribution in [0.3, 0.4) is 0 Å². The number of nitrogens with two attached hydrogens (primary N) is 3. The Hall–Kier alpha value is -2.82. The van der Waals surface area contributed by atoms with Gasteiger partial charge in [-0.2, -0.15) is 0 Å². The second-order valence-electron chi connectivity index (χ2n) is 3.93. The number of nitrogen functional groups attached to an aromatic ring is 1. The Kier molecular flexibility index (Phi) is 3.78. The molecular formula is C14H15N5. The Morgan fingerprint density at radius 2 is 1.42 bits per heavy atom. The van der Waals surface area contributed by atoms with E-state index in [2.05, 4.69) is 10.2 Å². The van der Waals surface area contributed by atoms with Crippen molar-refractivity contribution in [2.24, 2.45) is 21.7 Å². The number of nitrogens with zero attached hydrogens (tertiary/aromatic N) is 2. The molecule has 0 amide bonds. The molecule has 19 heavy (non-hydrogen) atoms. The van der Waals surface area contributed by atoms with Gasteiger partial charge in [0.05, 0.1) is 0 Å². The van der Waals surface area contributed by atoms with Crippen molar-refractivity contribution in [3.8, 4) is 0 Å². The van der Waals surface area contributed by atoms with Crippen molar-refractivity contribution in [1.82, 2.24) is 0 Å². The smallest absolute Gasteiger partial charge is 0.211 e. The molecule has 0 heterocycles. The van der Waals surface area contributed by atoms with E-state index in [0.717, 1.165) is 11.1 Å². The Labute approximate surface area is 111 Å². The van der Waals surface area contributed by atoms with Crippen molar-refractivity contribution >= 4 is 17.4 Å². The van der Waals surface area contributed by atoms with Crippen LogP contribution >= 0.6 is 0 Å². The summed E-state index contributed by atoms with van der Waals surface area (Å²) in [7, 11) is 0. The van der Waals surface area contributed by atoms with E-state index >= 15 is 0 Å². The van der Waals surface area contributed by atoms with Gasteiger partial charge in [-0.1, -0.05) is 48.5 Å². The van der Waals surface area contributed by atoms with Gasteiger partial charge in [0.25, 0.3) is 0 Å². The summed E-state index contributed by atoms with van der Waals surface area (Å²) in [5.41, 5.74) is 19.6. The molecule has 0 aliphatic carbocycles. The summed E-state index contributed by atoms with van der Waals surface area (Å²) in [4.78, 5) is 0. The van der Waals surface area contributed by atoms with Gasteiger partial charge in [-0.05, 0) is 6.07 Å². The third-order valence-corrected chi connectivity index (χ3v) is 2.53. The van der Waals surface area contributed by atoms with Crippen LogP contribution < -0.4 is 17.2 Å². The molecule has 0 aromatic heterocycles. The highest BCUT2D eigenvalue weighted by Crippen LogP contribution is 2.17. The number of benzene rings is 2. The van der Waals surface area contributed by atoms with Crippen LogP contribution in [-0.4, -0.2) is 11.7 Å². The Balaban J connectivity index is 2.57. The highest BCUT2D eigenvalue weighted by Gasteiger charge is 2.09. The quantitative estimate of drug-likeness (QED) is 0.332. The predicted molar refractivity (Wildman–Crippen MR) is 78.7 cm³/mol. The van der Waals surface area contributed by atoms with Gasteiger partial charge in [0.2, 0.25) is 5.96 Å². The summed E-state index contributed by atoms with van der Waals surface area (Å²) in [5.74, 6) is -0.0945.